The van der Waals surface area contributed by atoms with Gasteiger partial charge in [0.1, 0.15) is 5.75 Å². The van der Waals surface area contributed by atoms with E-state index in [1.54, 1.807) is 7.11 Å². The first-order valence-corrected chi connectivity index (χ1v) is 6.48. The summed E-state index contributed by atoms with van der Waals surface area (Å²) in [5.74, 6) is 0.940. The minimum atomic E-state index is 0.443. The van der Waals surface area contributed by atoms with E-state index in [-0.39, 0.29) is 0 Å². The van der Waals surface area contributed by atoms with Crippen LogP contribution in [0.15, 0.2) is 24.3 Å². The second-order valence-corrected chi connectivity index (χ2v) is 5.67. The summed E-state index contributed by atoms with van der Waals surface area (Å²) in [7, 11) is 1.71. The maximum Gasteiger partial charge on any atom is 0.119 e. The largest absolute Gasteiger partial charge is 0.497 e. The molecule has 2 heteroatoms. The highest BCUT2D eigenvalue weighted by atomic mass is 16.5. The third-order valence-corrected chi connectivity index (χ3v) is 3.94. The molecule has 0 bridgehead atoms. The van der Waals surface area contributed by atoms with Gasteiger partial charge in [-0.05, 0) is 36.0 Å². The molecular weight excluding hydrogens is 210 g/mol. The Kier molecular flexibility index (Phi) is 3.72. The molecule has 1 aromatic carbocycles. The van der Waals surface area contributed by atoms with E-state index in [9.17, 15) is 0 Å². The summed E-state index contributed by atoms with van der Waals surface area (Å²) < 4.78 is 5.24. The van der Waals surface area contributed by atoms with Crippen LogP contribution in [-0.4, -0.2) is 13.2 Å². The number of nitrogens with one attached hydrogen (secondary N) is 1. The molecule has 1 unspecified atom stereocenters. The molecule has 17 heavy (non-hydrogen) atoms. The van der Waals surface area contributed by atoms with Crippen LogP contribution in [0.2, 0.25) is 0 Å². The van der Waals surface area contributed by atoms with Crippen molar-refractivity contribution in [1.82, 2.24) is 5.32 Å². The van der Waals surface area contributed by atoms with Gasteiger partial charge in [0.25, 0.3) is 0 Å². The standard InChI is InChI=1S/C15H23NO/c1-15(2)9-5-8-14(15)16-11-12-6-4-7-13(10-12)17-3/h4,6-7,10,14,16H,5,8-9,11H2,1-3H3. The van der Waals surface area contributed by atoms with Crippen molar-refractivity contribution >= 4 is 0 Å². The van der Waals surface area contributed by atoms with Crippen molar-refractivity contribution in [3.05, 3.63) is 29.8 Å². The smallest absolute Gasteiger partial charge is 0.119 e. The van der Waals surface area contributed by atoms with Gasteiger partial charge in [0, 0.05) is 12.6 Å². The van der Waals surface area contributed by atoms with Gasteiger partial charge in [-0.15, -0.1) is 0 Å². The van der Waals surface area contributed by atoms with E-state index in [1.165, 1.54) is 24.8 Å². The Morgan fingerprint density at radius 3 is 2.88 bits per heavy atom. The van der Waals surface area contributed by atoms with Crippen LogP contribution in [0.4, 0.5) is 0 Å². The van der Waals surface area contributed by atoms with Gasteiger partial charge >= 0.3 is 0 Å². The van der Waals surface area contributed by atoms with Crippen LogP contribution in [0.5, 0.6) is 5.75 Å². The summed E-state index contributed by atoms with van der Waals surface area (Å²) in [4.78, 5) is 0. The number of hydrogen-bond donors (Lipinski definition) is 1. The third-order valence-electron chi connectivity index (χ3n) is 3.94. The van der Waals surface area contributed by atoms with Gasteiger partial charge in [0.05, 0.1) is 7.11 Å². The second kappa shape index (κ2) is 5.09. The molecule has 1 aromatic rings. The van der Waals surface area contributed by atoms with Gasteiger partial charge < -0.3 is 10.1 Å². The van der Waals surface area contributed by atoms with E-state index in [4.69, 9.17) is 4.74 Å². The van der Waals surface area contributed by atoms with Crippen molar-refractivity contribution < 1.29 is 4.74 Å². The first kappa shape index (κ1) is 12.4. The van der Waals surface area contributed by atoms with Gasteiger partial charge in [0.15, 0.2) is 0 Å². The maximum absolute atomic E-state index is 5.24. The predicted octanol–water partition coefficient (Wildman–Crippen LogP) is 3.36. The molecule has 1 saturated carbocycles. The van der Waals surface area contributed by atoms with Crippen molar-refractivity contribution in [1.29, 1.82) is 0 Å². The Bertz CT molecular complexity index is 373. The number of hydrogen-bond acceptors (Lipinski definition) is 2. The molecule has 0 radical (unpaired) electrons. The monoisotopic (exact) mass is 233 g/mol. The van der Waals surface area contributed by atoms with Crippen LogP contribution in [0, 0.1) is 5.41 Å². The van der Waals surface area contributed by atoms with Crippen LogP contribution >= 0.6 is 0 Å². The first-order valence-electron chi connectivity index (χ1n) is 6.48. The number of benzene rings is 1. The lowest BCUT2D eigenvalue weighted by Gasteiger charge is -2.28. The average molecular weight is 233 g/mol. The zero-order chi connectivity index (χ0) is 12.3. The summed E-state index contributed by atoms with van der Waals surface area (Å²) in [6.07, 6.45) is 3.99. The molecule has 1 fully saturated rings. The van der Waals surface area contributed by atoms with Gasteiger partial charge in [-0.1, -0.05) is 32.4 Å². The second-order valence-electron chi connectivity index (χ2n) is 5.67. The van der Waals surface area contributed by atoms with E-state index < -0.39 is 0 Å². The first-order chi connectivity index (χ1) is 8.12. The molecule has 1 aliphatic carbocycles. The normalized spacial score (nSPS) is 22.6. The van der Waals surface area contributed by atoms with Gasteiger partial charge in [-0.2, -0.15) is 0 Å². The van der Waals surface area contributed by atoms with Crippen molar-refractivity contribution in [2.24, 2.45) is 5.41 Å². The molecule has 0 aliphatic heterocycles. The summed E-state index contributed by atoms with van der Waals surface area (Å²) in [6, 6.07) is 8.94. The minimum absolute atomic E-state index is 0.443. The van der Waals surface area contributed by atoms with Crippen molar-refractivity contribution in [2.75, 3.05) is 7.11 Å². The number of rotatable bonds is 4. The highest BCUT2D eigenvalue weighted by Gasteiger charge is 2.33. The third kappa shape index (κ3) is 3.01. The maximum atomic E-state index is 5.24. The average Bonchev–Trinajstić information content (AvgIpc) is 2.66. The van der Waals surface area contributed by atoms with Gasteiger partial charge in [-0.25, -0.2) is 0 Å². The molecule has 1 atom stereocenters. The molecule has 1 N–H and O–H groups in total. The van der Waals surface area contributed by atoms with Crippen LogP contribution < -0.4 is 10.1 Å². The molecular formula is C15H23NO. The molecule has 0 aromatic heterocycles. The van der Waals surface area contributed by atoms with E-state index in [1.807, 2.05) is 6.07 Å². The highest BCUT2D eigenvalue weighted by molar-refractivity contribution is 5.28. The molecule has 2 rings (SSSR count). The minimum Gasteiger partial charge on any atom is -0.497 e. The summed E-state index contributed by atoms with van der Waals surface area (Å²) in [5.41, 5.74) is 1.74. The fraction of sp³-hybridized carbons (Fsp3) is 0.600. The molecule has 1 aliphatic rings. The Balaban J connectivity index is 1.93. The van der Waals surface area contributed by atoms with E-state index in [2.05, 4.69) is 37.4 Å². The highest BCUT2D eigenvalue weighted by Crippen LogP contribution is 2.37. The Hall–Kier alpha value is -1.02. The predicted molar refractivity (Wildman–Crippen MR) is 71.3 cm³/mol. The number of ether oxygens (including phenoxy) is 1. The van der Waals surface area contributed by atoms with Crippen LogP contribution in [0.3, 0.4) is 0 Å². The zero-order valence-corrected chi connectivity index (χ0v) is 11.1. The van der Waals surface area contributed by atoms with Crippen molar-refractivity contribution in [3.63, 3.8) is 0 Å². The quantitative estimate of drug-likeness (QED) is 0.861. The van der Waals surface area contributed by atoms with E-state index in [0.29, 0.717) is 11.5 Å². The fourth-order valence-corrected chi connectivity index (χ4v) is 2.73. The van der Waals surface area contributed by atoms with Crippen LogP contribution in [-0.2, 0) is 6.54 Å². The molecule has 2 nitrogen and oxygen atoms in total. The van der Waals surface area contributed by atoms with Crippen molar-refractivity contribution in [3.8, 4) is 5.75 Å². The SMILES string of the molecule is COc1cccc(CNC2CCCC2(C)C)c1. The van der Waals surface area contributed by atoms with Crippen LogP contribution in [0.1, 0.15) is 38.7 Å². The Morgan fingerprint density at radius 1 is 1.41 bits per heavy atom. The topological polar surface area (TPSA) is 21.3 Å². The summed E-state index contributed by atoms with van der Waals surface area (Å²) >= 11 is 0. The number of methoxy groups -OCH3 is 1. The molecule has 0 heterocycles. The lowest BCUT2D eigenvalue weighted by Crippen LogP contribution is -2.37. The summed E-state index contributed by atoms with van der Waals surface area (Å²) in [6.45, 7) is 5.66. The fourth-order valence-electron chi connectivity index (χ4n) is 2.73. The Labute approximate surface area is 104 Å². The summed E-state index contributed by atoms with van der Waals surface area (Å²) in [5, 5.41) is 3.68. The molecule has 0 amide bonds. The van der Waals surface area contributed by atoms with Gasteiger partial charge in [0.2, 0.25) is 0 Å². The van der Waals surface area contributed by atoms with Gasteiger partial charge in [-0.3, -0.25) is 0 Å². The molecule has 94 valence electrons. The molecule has 0 spiro atoms. The lowest BCUT2D eigenvalue weighted by molar-refractivity contribution is 0.282. The van der Waals surface area contributed by atoms with E-state index in [0.717, 1.165) is 12.3 Å². The molecule has 0 saturated heterocycles. The zero-order valence-electron chi connectivity index (χ0n) is 11.1. The van der Waals surface area contributed by atoms with Crippen molar-refractivity contribution in [2.45, 2.75) is 45.7 Å². The van der Waals surface area contributed by atoms with Crippen LogP contribution in [0.25, 0.3) is 0 Å². The van der Waals surface area contributed by atoms with E-state index >= 15 is 0 Å². The Morgan fingerprint density at radius 2 is 2.24 bits per heavy atom. The lowest BCUT2D eigenvalue weighted by atomic mass is 9.87.